The van der Waals surface area contributed by atoms with Crippen molar-refractivity contribution in [2.45, 2.75) is 13.3 Å². The van der Waals surface area contributed by atoms with Crippen LogP contribution in [0.1, 0.15) is 12.5 Å². The highest BCUT2D eigenvalue weighted by atomic mass is 79.9. The Kier molecular flexibility index (Phi) is 2.37. The Labute approximate surface area is 89.9 Å². The third kappa shape index (κ3) is 1.70. The molecule has 14 heavy (non-hydrogen) atoms. The van der Waals surface area contributed by atoms with Gasteiger partial charge in [0.05, 0.1) is 5.52 Å². The minimum Gasteiger partial charge on any atom is -0.305 e. The molecule has 2 heterocycles. The zero-order valence-electron chi connectivity index (χ0n) is 7.70. The lowest BCUT2D eigenvalue weighted by atomic mass is 10.1. The summed E-state index contributed by atoms with van der Waals surface area (Å²) in [6, 6.07) is 3.90. The van der Waals surface area contributed by atoms with Crippen molar-refractivity contribution in [1.82, 2.24) is 9.38 Å². The van der Waals surface area contributed by atoms with Crippen LogP contribution in [0.4, 0.5) is 0 Å². The quantitative estimate of drug-likeness (QED) is 0.822. The first-order valence-corrected chi connectivity index (χ1v) is 5.06. The Morgan fingerprint density at radius 2 is 2.36 bits per heavy atom. The number of aromatic nitrogens is 2. The normalized spacial score (nSPS) is 10.7. The maximum atomic E-state index is 10.9. The highest BCUT2D eigenvalue weighted by Gasteiger charge is 2.02. The molecule has 0 atom stereocenters. The summed E-state index contributed by atoms with van der Waals surface area (Å²) in [6.45, 7) is 1.59. The predicted molar refractivity (Wildman–Crippen MR) is 57.3 cm³/mol. The second-order valence-corrected chi connectivity index (χ2v) is 4.00. The van der Waals surface area contributed by atoms with Gasteiger partial charge >= 0.3 is 0 Å². The number of hydrogen-bond donors (Lipinski definition) is 0. The van der Waals surface area contributed by atoms with E-state index in [0.717, 1.165) is 15.7 Å². The molecule has 3 nitrogen and oxygen atoms in total. The second kappa shape index (κ2) is 3.53. The van der Waals surface area contributed by atoms with E-state index in [2.05, 4.69) is 20.9 Å². The van der Waals surface area contributed by atoms with E-state index in [9.17, 15) is 4.79 Å². The van der Waals surface area contributed by atoms with E-state index in [1.54, 1.807) is 13.3 Å². The Bertz CT molecular complexity index is 490. The van der Waals surface area contributed by atoms with Crippen LogP contribution in [-0.2, 0) is 11.2 Å². The molecular weight excluding hydrogens is 244 g/mol. The maximum Gasteiger partial charge on any atom is 0.134 e. The van der Waals surface area contributed by atoms with Crippen molar-refractivity contribution >= 4 is 27.2 Å². The lowest BCUT2D eigenvalue weighted by molar-refractivity contribution is -0.116. The molecule has 0 fully saturated rings. The number of Topliss-reactive ketones (excluding diaryl/α,β-unsaturated/α-hetero) is 1. The predicted octanol–water partition coefficient (Wildman–Crippen LogP) is 2.23. The van der Waals surface area contributed by atoms with Gasteiger partial charge in [-0.05, 0) is 34.5 Å². The number of imidazole rings is 1. The molecule has 0 N–H and O–H groups in total. The van der Waals surface area contributed by atoms with E-state index in [1.807, 2.05) is 22.7 Å². The van der Waals surface area contributed by atoms with E-state index >= 15 is 0 Å². The van der Waals surface area contributed by atoms with Gasteiger partial charge < -0.3 is 4.40 Å². The molecule has 0 amide bonds. The summed E-state index contributed by atoms with van der Waals surface area (Å²) in [6.07, 6.45) is 4.13. The monoisotopic (exact) mass is 252 g/mol. The average molecular weight is 253 g/mol. The molecule has 2 aromatic heterocycles. The molecular formula is C10H9BrN2O. The minimum absolute atomic E-state index is 0.170. The molecule has 0 bridgehead atoms. The number of nitrogens with zero attached hydrogens (tertiary/aromatic N) is 2. The van der Waals surface area contributed by atoms with Gasteiger partial charge in [-0.2, -0.15) is 0 Å². The third-order valence-electron chi connectivity index (χ3n) is 2.00. The van der Waals surface area contributed by atoms with Crippen LogP contribution < -0.4 is 0 Å². The summed E-state index contributed by atoms with van der Waals surface area (Å²) >= 11 is 3.34. The van der Waals surface area contributed by atoms with Crippen molar-refractivity contribution in [3.05, 3.63) is 34.8 Å². The van der Waals surface area contributed by atoms with Crippen LogP contribution in [0.15, 0.2) is 29.3 Å². The fourth-order valence-electron chi connectivity index (χ4n) is 1.41. The number of pyridine rings is 1. The van der Waals surface area contributed by atoms with Gasteiger partial charge in [0, 0.05) is 12.6 Å². The van der Waals surface area contributed by atoms with Gasteiger partial charge in [0.25, 0.3) is 0 Å². The Balaban J connectivity index is 2.46. The number of ketones is 1. The smallest absolute Gasteiger partial charge is 0.134 e. The van der Waals surface area contributed by atoms with Gasteiger partial charge in [-0.15, -0.1) is 0 Å². The Morgan fingerprint density at radius 1 is 1.57 bits per heavy atom. The molecule has 2 rings (SSSR count). The molecule has 0 saturated carbocycles. The first-order valence-electron chi connectivity index (χ1n) is 4.27. The van der Waals surface area contributed by atoms with Crippen molar-refractivity contribution in [3.63, 3.8) is 0 Å². The van der Waals surface area contributed by atoms with Crippen LogP contribution >= 0.6 is 15.9 Å². The number of rotatable bonds is 2. The van der Waals surface area contributed by atoms with E-state index in [-0.39, 0.29) is 5.78 Å². The molecule has 0 aliphatic rings. The first kappa shape index (κ1) is 9.40. The van der Waals surface area contributed by atoms with E-state index < -0.39 is 0 Å². The third-order valence-corrected chi connectivity index (χ3v) is 2.61. The Morgan fingerprint density at radius 3 is 3.07 bits per heavy atom. The number of carbonyl (C=O) groups excluding carboxylic acids is 1. The molecule has 0 unspecified atom stereocenters. The van der Waals surface area contributed by atoms with Crippen LogP contribution in [0.2, 0.25) is 0 Å². The lowest BCUT2D eigenvalue weighted by Gasteiger charge is -1.99. The molecule has 4 heteroatoms. The van der Waals surface area contributed by atoms with Crippen molar-refractivity contribution in [2.75, 3.05) is 0 Å². The SMILES string of the molecule is CC(=O)Cc1ccc2c(Br)ncn2c1. The molecule has 0 aliphatic carbocycles. The van der Waals surface area contributed by atoms with Crippen molar-refractivity contribution in [3.8, 4) is 0 Å². The summed E-state index contributed by atoms with van der Waals surface area (Å²) in [5.74, 6) is 0.170. The zero-order valence-corrected chi connectivity index (χ0v) is 9.28. The van der Waals surface area contributed by atoms with Gasteiger partial charge in [-0.25, -0.2) is 4.98 Å². The van der Waals surface area contributed by atoms with Gasteiger partial charge in [0.1, 0.15) is 16.7 Å². The summed E-state index contributed by atoms with van der Waals surface area (Å²) in [7, 11) is 0. The second-order valence-electron chi connectivity index (χ2n) is 3.24. The molecule has 2 aromatic rings. The van der Waals surface area contributed by atoms with Crippen LogP contribution in [-0.4, -0.2) is 15.2 Å². The number of hydrogen-bond acceptors (Lipinski definition) is 2. The fourth-order valence-corrected chi connectivity index (χ4v) is 1.83. The zero-order chi connectivity index (χ0) is 10.1. The number of carbonyl (C=O) groups is 1. The highest BCUT2D eigenvalue weighted by Crippen LogP contribution is 2.16. The van der Waals surface area contributed by atoms with Gasteiger partial charge in [-0.3, -0.25) is 4.79 Å². The van der Waals surface area contributed by atoms with Crippen molar-refractivity contribution < 1.29 is 4.79 Å². The van der Waals surface area contributed by atoms with Crippen molar-refractivity contribution in [2.24, 2.45) is 0 Å². The minimum atomic E-state index is 0.170. The number of fused-ring (bicyclic) bond motifs is 1. The van der Waals surface area contributed by atoms with Crippen LogP contribution in [0.5, 0.6) is 0 Å². The summed E-state index contributed by atoms with van der Waals surface area (Å²) in [5.41, 5.74) is 2.02. The van der Waals surface area contributed by atoms with Gasteiger partial charge in [-0.1, -0.05) is 6.07 Å². The molecule has 0 saturated heterocycles. The largest absolute Gasteiger partial charge is 0.305 e. The topological polar surface area (TPSA) is 34.4 Å². The van der Waals surface area contributed by atoms with E-state index in [0.29, 0.717) is 6.42 Å². The number of halogens is 1. The molecule has 0 aliphatic heterocycles. The highest BCUT2D eigenvalue weighted by molar-refractivity contribution is 9.10. The summed E-state index contributed by atoms with van der Waals surface area (Å²) in [5, 5.41) is 0. The van der Waals surface area contributed by atoms with Crippen LogP contribution in [0.3, 0.4) is 0 Å². The molecule has 72 valence electrons. The van der Waals surface area contributed by atoms with Crippen LogP contribution in [0.25, 0.3) is 5.52 Å². The van der Waals surface area contributed by atoms with E-state index in [1.165, 1.54) is 0 Å². The maximum absolute atomic E-state index is 10.9. The van der Waals surface area contributed by atoms with E-state index in [4.69, 9.17) is 0 Å². The molecule has 0 radical (unpaired) electrons. The van der Waals surface area contributed by atoms with Crippen molar-refractivity contribution in [1.29, 1.82) is 0 Å². The van der Waals surface area contributed by atoms with Crippen LogP contribution in [0, 0.1) is 0 Å². The molecule has 0 spiro atoms. The average Bonchev–Trinajstić information content (AvgIpc) is 2.46. The lowest BCUT2D eigenvalue weighted by Crippen LogP contribution is -1.97. The fraction of sp³-hybridized carbons (Fsp3) is 0.200. The standard InChI is InChI=1S/C10H9BrN2O/c1-7(14)4-8-2-3-9-10(11)12-6-13(9)5-8/h2-3,5-6H,4H2,1H3. The summed E-state index contributed by atoms with van der Waals surface area (Å²) < 4.78 is 2.73. The Hall–Kier alpha value is -1.16. The van der Waals surface area contributed by atoms with Gasteiger partial charge in [0.15, 0.2) is 0 Å². The molecule has 0 aromatic carbocycles. The van der Waals surface area contributed by atoms with Gasteiger partial charge in [0.2, 0.25) is 0 Å². The summed E-state index contributed by atoms with van der Waals surface area (Å²) in [4.78, 5) is 15.0. The first-order chi connectivity index (χ1) is 6.66.